The van der Waals surface area contributed by atoms with Crippen molar-refractivity contribution in [1.82, 2.24) is 10.1 Å². The van der Waals surface area contributed by atoms with Gasteiger partial charge in [-0.3, -0.25) is 0 Å². The van der Waals surface area contributed by atoms with Crippen LogP contribution < -0.4 is 5.73 Å². The summed E-state index contributed by atoms with van der Waals surface area (Å²) >= 11 is 0. The molecule has 3 rings (SSSR count). The Morgan fingerprint density at radius 2 is 2.07 bits per heavy atom. The van der Waals surface area contributed by atoms with Gasteiger partial charge in [-0.05, 0) is 43.9 Å². The van der Waals surface area contributed by atoms with Crippen molar-refractivity contribution in [1.29, 1.82) is 0 Å². The minimum absolute atomic E-state index is 0.123. The first-order chi connectivity index (χ1) is 13.5. The van der Waals surface area contributed by atoms with Gasteiger partial charge in [0.1, 0.15) is 5.82 Å². The summed E-state index contributed by atoms with van der Waals surface area (Å²) in [6, 6.07) is 7.10. The van der Waals surface area contributed by atoms with Crippen LogP contribution in [0.4, 0.5) is 10.3 Å². The van der Waals surface area contributed by atoms with Gasteiger partial charge >= 0.3 is 0 Å². The molecule has 1 unspecified atom stereocenters. The van der Waals surface area contributed by atoms with Crippen LogP contribution in [0.25, 0.3) is 5.57 Å². The van der Waals surface area contributed by atoms with Gasteiger partial charge in [-0.15, -0.1) is 0 Å². The molecule has 0 bridgehead atoms. The van der Waals surface area contributed by atoms with E-state index in [2.05, 4.69) is 22.3 Å². The normalized spacial score (nSPS) is 15.4. The summed E-state index contributed by atoms with van der Waals surface area (Å²) < 4.78 is 20.0. The van der Waals surface area contributed by atoms with Gasteiger partial charge < -0.3 is 15.2 Å². The van der Waals surface area contributed by atoms with Crippen LogP contribution in [0.3, 0.4) is 0 Å². The Balaban J connectivity index is 1.79. The number of aromatic nitrogens is 1. The third-order valence-corrected chi connectivity index (χ3v) is 5.07. The van der Waals surface area contributed by atoms with Gasteiger partial charge in [0, 0.05) is 30.6 Å². The lowest BCUT2D eigenvalue weighted by atomic mass is 9.93. The predicted molar refractivity (Wildman–Crippen MR) is 111 cm³/mol. The molecule has 0 radical (unpaired) electrons. The van der Waals surface area contributed by atoms with E-state index in [1.807, 2.05) is 43.9 Å². The fourth-order valence-electron chi connectivity index (χ4n) is 3.29. The van der Waals surface area contributed by atoms with Crippen LogP contribution in [0, 0.1) is 5.82 Å². The maximum Gasteiger partial charge on any atom is 0.253 e. The molecule has 0 amide bonds. The topological polar surface area (TPSA) is 67.7 Å². The molecule has 5 nitrogen and oxygen atoms in total. The number of benzene rings is 1. The second-order valence-corrected chi connectivity index (χ2v) is 6.83. The molecule has 0 aliphatic heterocycles. The molecule has 1 aromatic carbocycles. The highest BCUT2D eigenvalue weighted by Crippen LogP contribution is 2.30. The molecule has 6 heteroatoms. The van der Waals surface area contributed by atoms with E-state index >= 15 is 0 Å². The SMILES string of the molecule is CCN(CC)C(N)=Nc1cc(C(C)c2ccc(C3=CCCC=C3)c(F)c2)no1. The zero-order valence-corrected chi connectivity index (χ0v) is 16.7. The van der Waals surface area contributed by atoms with Gasteiger partial charge in [-0.25, -0.2) is 4.39 Å². The molecule has 28 heavy (non-hydrogen) atoms. The molecular formula is C22H27FN4O. The molecule has 1 heterocycles. The van der Waals surface area contributed by atoms with Crippen molar-refractivity contribution in [2.24, 2.45) is 10.7 Å². The van der Waals surface area contributed by atoms with E-state index in [9.17, 15) is 4.39 Å². The Bertz CT molecular complexity index is 909. The van der Waals surface area contributed by atoms with Crippen molar-refractivity contribution in [2.45, 2.75) is 39.5 Å². The van der Waals surface area contributed by atoms with Gasteiger partial charge in [0.2, 0.25) is 0 Å². The molecule has 2 N–H and O–H groups in total. The number of halogens is 1. The lowest BCUT2D eigenvalue weighted by molar-refractivity contribution is 0.415. The highest BCUT2D eigenvalue weighted by molar-refractivity contribution is 5.80. The molecule has 148 valence electrons. The summed E-state index contributed by atoms with van der Waals surface area (Å²) in [5, 5.41) is 4.10. The smallest absolute Gasteiger partial charge is 0.253 e. The number of guanidine groups is 1. The first-order valence-electron chi connectivity index (χ1n) is 9.75. The van der Waals surface area contributed by atoms with Gasteiger partial charge in [-0.2, -0.15) is 4.99 Å². The summed E-state index contributed by atoms with van der Waals surface area (Å²) in [6.45, 7) is 7.52. The van der Waals surface area contributed by atoms with E-state index in [4.69, 9.17) is 10.3 Å². The molecule has 1 atom stereocenters. The molecule has 0 fully saturated rings. The fraction of sp³-hybridized carbons (Fsp3) is 0.364. The zero-order chi connectivity index (χ0) is 20.1. The second-order valence-electron chi connectivity index (χ2n) is 6.83. The second kappa shape index (κ2) is 8.87. The molecular weight excluding hydrogens is 355 g/mol. The van der Waals surface area contributed by atoms with Crippen molar-refractivity contribution in [3.8, 4) is 0 Å². The molecule has 0 saturated heterocycles. The number of rotatable bonds is 6. The maximum atomic E-state index is 14.7. The Kier molecular flexibility index (Phi) is 6.29. The summed E-state index contributed by atoms with van der Waals surface area (Å²) in [6.07, 6.45) is 8.09. The summed E-state index contributed by atoms with van der Waals surface area (Å²) in [7, 11) is 0. The van der Waals surface area contributed by atoms with Crippen LogP contribution in [0.5, 0.6) is 0 Å². The number of hydrogen-bond donors (Lipinski definition) is 1. The van der Waals surface area contributed by atoms with E-state index in [1.165, 1.54) is 0 Å². The highest BCUT2D eigenvalue weighted by atomic mass is 19.1. The minimum atomic E-state index is -0.227. The average Bonchev–Trinajstić information content (AvgIpc) is 3.17. The Labute approximate surface area is 165 Å². The van der Waals surface area contributed by atoms with Crippen molar-refractivity contribution in [3.63, 3.8) is 0 Å². The first kappa shape index (κ1) is 19.9. The lowest BCUT2D eigenvalue weighted by Gasteiger charge is -2.18. The van der Waals surface area contributed by atoms with Crippen molar-refractivity contribution in [3.05, 3.63) is 65.1 Å². The van der Waals surface area contributed by atoms with E-state index in [0.29, 0.717) is 23.1 Å². The number of nitrogens with two attached hydrogens (primary N) is 1. The summed E-state index contributed by atoms with van der Waals surface area (Å²) in [5.74, 6) is 0.391. The number of nitrogens with zero attached hydrogens (tertiary/aromatic N) is 3. The van der Waals surface area contributed by atoms with Gasteiger partial charge in [0.15, 0.2) is 5.96 Å². The molecule has 2 aromatic rings. The number of aliphatic imine (C=N–C) groups is 1. The third-order valence-electron chi connectivity index (χ3n) is 5.07. The average molecular weight is 382 g/mol. The molecule has 1 aliphatic carbocycles. The van der Waals surface area contributed by atoms with Crippen molar-refractivity contribution < 1.29 is 8.91 Å². The van der Waals surface area contributed by atoms with Gasteiger partial charge in [0.25, 0.3) is 5.88 Å². The Hall–Kier alpha value is -2.89. The summed E-state index contributed by atoms with van der Waals surface area (Å²) in [4.78, 5) is 6.22. The summed E-state index contributed by atoms with van der Waals surface area (Å²) in [5.41, 5.74) is 9.09. The van der Waals surface area contributed by atoms with Crippen LogP contribution in [0.2, 0.25) is 0 Å². The first-order valence-corrected chi connectivity index (χ1v) is 9.75. The molecule has 1 aromatic heterocycles. The van der Waals surface area contributed by atoms with E-state index in [0.717, 1.165) is 37.1 Å². The number of hydrogen-bond acceptors (Lipinski definition) is 3. The minimum Gasteiger partial charge on any atom is -0.369 e. The van der Waals surface area contributed by atoms with E-state index in [-0.39, 0.29) is 11.7 Å². The Morgan fingerprint density at radius 1 is 1.29 bits per heavy atom. The molecule has 1 aliphatic rings. The van der Waals surface area contributed by atoms with Gasteiger partial charge in [0.05, 0.1) is 5.69 Å². The zero-order valence-electron chi connectivity index (χ0n) is 16.7. The monoisotopic (exact) mass is 382 g/mol. The van der Waals surface area contributed by atoms with Crippen molar-refractivity contribution in [2.75, 3.05) is 13.1 Å². The maximum absolute atomic E-state index is 14.7. The fourth-order valence-corrected chi connectivity index (χ4v) is 3.29. The van der Waals surface area contributed by atoms with Crippen LogP contribution in [0.15, 0.2) is 52.0 Å². The van der Waals surface area contributed by atoms with Crippen LogP contribution in [-0.4, -0.2) is 29.1 Å². The van der Waals surface area contributed by atoms with Gasteiger partial charge in [-0.1, -0.05) is 42.4 Å². The van der Waals surface area contributed by atoms with Crippen LogP contribution >= 0.6 is 0 Å². The largest absolute Gasteiger partial charge is 0.369 e. The van der Waals surface area contributed by atoms with Crippen LogP contribution in [0.1, 0.15) is 56.4 Å². The highest BCUT2D eigenvalue weighted by Gasteiger charge is 2.17. The van der Waals surface area contributed by atoms with E-state index < -0.39 is 0 Å². The lowest BCUT2D eigenvalue weighted by Crippen LogP contribution is -2.36. The number of allylic oxidation sites excluding steroid dienone is 4. The quantitative estimate of drug-likeness (QED) is 0.565. The third kappa shape index (κ3) is 4.32. The molecule has 0 saturated carbocycles. The standard InChI is InChI=1S/C22H27FN4O/c1-4-27(5-2)22(24)25-21-14-20(26-28-21)15(3)17-11-12-18(19(23)13-17)16-9-7-6-8-10-16/h7,9-15H,4-6,8H2,1-3H3,(H2,24,25). The van der Waals surface area contributed by atoms with E-state index in [1.54, 1.807) is 12.1 Å². The van der Waals surface area contributed by atoms with Crippen LogP contribution in [-0.2, 0) is 0 Å². The van der Waals surface area contributed by atoms with Crippen molar-refractivity contribution >= 4 is 17.4 Å². The Morgan fingerprint density at radius 3 is 2.71 bits per heavy atom. The molecule has 0 spiro atoms. The predicted octanol–water partition coefficient (Wildman–Crippen LogP) is 4.99.